The van der Waals surface area contributed by atoms with Crippen LogP contribution in [0.1, 0.15) is 91.4 Å². The van der Waals surface area contributed by atoms with E-state index in [1.807, 2.05) is 0 Å². The van der Waals surface area contributed by atoms with Gasteiger partial charge in [-0.25, -0.2) is 9.78 Å². The molecule has 0 amide bonds. The number of hydrogen-bond acceptors (Lipinski definition) is 3. The first-order valence-electron chi connectivity index (χ1n) is 9.16. The third-order valence-electron chi connectivity index (χ3n) is 4.08. The van der Waals surface area contributed by atoms with Gasteiger partial charge >= 0.3 is 0 Å². The summed E-state index contributed by atoms with van der Waals surface area (Å²) in [5.74, 6) is 0.655. The Balaban J connectivity index is 3.47. The summed E-state index contributed by atoms with van der Waals surface area (Å²) in [4.78, 5) is 10.2. The number of rotatable bonds is 16. The van der Waals surface area contributed by atoms with E-state index < -0.39 is 0 Å². The minimum Gasteiger partial charge on any atom is -0.393 e. The lowest BCUT2D eigenvalue weighted by Crippen LogP contribution is -2.13. The Bertz CT molecular complexity index is 197. The molecule has 0 aliphatic rings. The van der Waals surface area contributed by atoms with Crippen molar-refractivity contribution >= 4 is 0 Å². The molecule has 0 radical (unpaired) electrons. The van der Waals surface area contributed by atoms with Crippen LogP contribution in [-0.4, -0.2) is 24.4 Å². The molecule has 0 aliphatic carbocycles. The van der Waals surface area contributed by atoms with Crippen LogP contribution in [0.25, 0.3) is 0 Å². The average Bonchev–Trinajstić information content (AvgIpc) is 2.49. The molecule has 3 nitrogen and oxygen atoms in total. The molecule has 0 aromatic rings. The van der Waals surface area contributed by atoms with Crippen LogP contribution in [0.2, 0.25) is 0 Å². The molecule has 3 heteroatoms. The summed E-state index contributed by atoms with van der Waals surface area (Å²) in [6.45, 7) is 7.98. The fraction of sp³-hybridized carbons (Fsp3) is 1.00. The van der Waals surface area contributed by atoms with Crippen LogP contribution >= 0.6 is 0 Å². The van der Waals surface area contributed by atoms with Gasteiger partial charge in [0.05, 0.1) is 19.3 Å². The lowest BCUT2D eigenvalue weighted by atomic mass is 9.91. The molecule has 21 heavy (non-hydrogen) atoms. The minimum atomic E-state index is -0.102. The van der Waals surface area contributed by atoms with Crippen LogP contribution in [0, 0.1) is 5.92 Å². The van der Waals surface area contributed by atoms with E-state index in [9.17, 15) is 5.11 Å². The summed E-state index contributed by atoms with van der Waals surface area (Å²) < 4.78 is 0. The number of hydrogen-bond donors (Lipinski definition) is 1. The number of unbranched alkanes of at least 4 members (excludes halogenated alkanes) is 4. The van der Waals surface area contributed by atoms with Crippen molar-refractivity contribution in [2.24, 2.45) is 5.92 Å². The van der Waals surface area contributed by atoms with E-state index in [1.165, 1.54) is 25.7 Å². The zero-order valence-electron chi connectivity index (χ0n) is 14.6. The molecule has 0 saturated carbocycles. The van der Waals surface area contributed by atoms with E-state index >= 15 is 0 Å². The van der Waals surface area contributed by atoms with Gasteiger partial charge in [0.1, 0.15) is 0 Å². The predicted octanol–water partition coefficient (Wildman–Crippen LogP) is 5.26. The molecule has 0 spiro atoms. The third kappa shape index (κ3) is 14.6. The second-order valence-corrected chi connectivity index (χ2v) is 6.15. The molecule has 1 N–H and O–H groups in total. The molecule has 0 aromatic heterocycles. The van der Waals surface area contributed by atoms with E-state index in [0.717, 1.165) is 44.9 Å². The Morgan fingerprint density at radius 2 is 1.38 bits per heavy atom. The van der Waals surface area contributed by atoms with Gasteiger partial charge in [-0.05, 0) is 31.6 Å². The largest absolute Gasteiger partial charge is 0.393 e. The van der Waals surface area contributed by atoms with Gasteiger partial charge in [-0.2, -0.15) is 0 Å². The molecule has 128 valence electrons. The van der Waals surface area contributed by atoms with Crippen LogP contribution in [0.3, 0.4) is 0 Å². The summed E-state index contributed by atoms with van der Waals surface area (Å²) >= 11 is 0. The molecular weight excluding hydrogens is 264 g/mol. The highest BCUT2D eigenvalue weighted by Crippen LogP contribution is 2.21. The topological polar surface area (TPSA) is 38.7 Å². The molecular formula is C18H38O3. The Morgan fingerprint density at radius 1 is 0.762 bits per heavy atom. The summed E-state index contributed by atoms with van der Waals surface area (Å²) in [6.07, 6.45) is 12.2. The standard InChI is InChI=1S/C18H38O3/c1-4-7-9-13-18(19)16-17(6-3)12-10-11-15-21-20-14-8-5-2/h17-19H,4-16H2,1-3H3. The monoisotopic (exact) mass is 302 g/mol. The van der Waals surface area contributed by atoms with Gasteiger partial charge in [-0.15, -0.1) is 0 Å². The van der Waals surface area contributed by atoms with Crippen LogP contribution in [0.5, 0.6) is 0 Å². The van der Waals surface area contributed by atoms with E-state index in [0.29, 0.717) is 19.1 Å². The lowest BCUT2D eigenvalue weighted by molar-refractivity contribution is -0.295. The van der Waals surface area contributed by atoms with Gasteiger partial charge in [0, 0.05) is 0 Å². The molecule has 0 rings (SSSR count). The van der Waals surface area contributed by atoms with Crippen molar-refractivity contribution in [3.05, 3.63) is 0 Å². The molecule has 0 heterocycles. The molecule has 0 bridgehead atoms. The number of aliphatic hydroxyl groups is 1. The zero-order chi connectivity index (χ0) is 15.8. The first kappa shape index (κ1) is 20.9. The highest BCUT2D eigenvalue weighted by Gasteiger charge is 2.12. The van der Waals surface area contributed by atoms with Crippen molar-refractivity contribution in [3.63, 3.8) is 0 Å². The summed E-state index contributed by atoms with van der Waals surface area (Å²) in [5.41, 5.74) is 0. The summed E-state index contributed by atoms with van der Waals surface area (Å²) in [5, 5.41) is 10.1. The fourth-order valence-corrected chi connectivity index (χ4v) is 2.54. The second-order valence-electron chi connectivity index (χ2n) is 6.15. The summed E-state index contributed by atoms with van der Waals surface area (Å²) in [6, 6.07) is 0. The van der Waals surface area contributed by atoms with Gasteiger partial charge in [-0.3, -0.25) is 0 Å². The van der Waals surface area contributed by atoms with Crippen molar-refractivity contribution in [3.8, 4) is 0 Å². The van der Waals surface area contributed by atoms with Gasteiger partial charge in [0.25, 0.3) is 0 Å². The Morgan fingerprint density at radius 3 is 2.00 bits per heavy atom. The highest BCUT2D eigenvalue weighted by atomic mass is 17.2. The van der Waals surface area contributed by atoms with Crippen LogP contribution < -0.4 is 0 Å². The predicted molar refractivity (Wildman–Crippen MR) is 89.2 cm³/mol. The Hall–Kier alpha value is -0.120. The molecule has 0 saturated heterocycles. The van der Waals surface area contributed by atoms with Gasteiger partial charge in [0.15, 0.2) is 0 Å². The van der Waals surface area contributed by atoms with Crippen molar-refractivity contribution in [1.29, 1.82) is 0 Å². The van der Waals surface area contributed by atoms with Gasteiger partial charge < -0.3 is 5.11 Å². The van der Waals surface area contributed by atoms with E-state index in [1.54, 1.807) is 0 Å². The molecule has 2 unspecified atom stereocenters. The van der Waals surface area contributed by atoms with Crippen LogP contribution in [-0.2, 0) is 9.78 Å². The van der Waals surface area contributed by atoms with Crippen LogP contribution in [0.4, 0.5) is 0 Å². The first-order chi connectivity index (χ1) is 10.2. The number of aliphatic hydroxyl groups excluding tert-OH is 1. The zero-order valence-corrected chi connectivity index (χ0v) is 14.6. The van der Waals surface area contributed by atoms with Crippen molar-refractivity contribution in [1.82, 2.24) is 0 Å². The fourth-order valence-electron chi connectivity index (χ4n) is 2.54. The van der Waals surface area contributed by atoms with E-state index in [-0.39, 0.29) is 6.10 Å². The van der Waals surface area contributed by atoms with Gasteiger partial charge in [0.2, 0.25) is 0 Å². The summed E-state index contributed by atoms with van der Waals surface area (Å²) in [7, 11) is 0. The minimum absolute atomic E-state index is 0.102. The smallest absolute Gasteiger partial charge is 0.0822 e. The molecule has 0 aromatic carbocycles. The van der Waals surface area contributed by atoms with E-state index in [2.05, 4.69) is 20.8 Å². The maximum absolute atomic E-state index is 10.1. The SMILES string of the molecule is CCCCCC(O)CC(CC)CCCCOOCCCC. The first-order valence-corrected chi connectivity index (χ1v) is 9.16. The Kier molecular flexibility index (Phi) is 16.2. The Labute approximate surface area is 132 Å². The van der Waals surface area contributed by atoms with E-state index in [4.69, 9.17) is 9.78 Å². The highest BCUT2D eigenvalue weighted by molar-refractivity contribution is 4.65. The maximum atomic E-state index is 10.1. The third-order valence-corrected chi connectivity index (χ3v) is 4.08. The van der Waals surface area contributed by atoms with Crippen LogP contribution in [0.15, 0.2) is 0 Å². The van der Waals surface area contributed by atoms with Crippen molar-refractivity contribution in [2.75, 3.05) is 13.2 Å². The maximum Gasteiger partial charge on any atom is 0.0822 e. The van der Waals surface area contributed by atoms with Crippen molar-refractivity contribution < 1.29 is 14.9 Å². The normalized spacial score (nSPS) is 14.3. The molecule has 0 aliphatic heterocycles. The quantitative estimate of drug-likeness (QED) is 0.240. The van der Waals surface area contributed by atoms with Crippen molar-refractivity contribution in [2.45, 2.75) is 97.5 Å². The average molecular weight is 302 g/mol. The van der Waals surface area contributed by atoms with Gasteiger partial charge in [-0.1, -0.05) is 65.7 Å². The molecule has 2 atom stereocenters. The lowest BCUT2D eigenvalue weighted by Gasteiger charge is -2.18. The second kappa shape index (κ2) is 16.3. The molecule has 0 fully saturated rings.